The minimum atomic E-state index is -0.212. The van der Waals surface area contributed by atoms with E-state index in [2.05, 4.69) is 16.7 Å². The fraction of sp³-hybridized carbons (Fsp3) is 0.348. The molecule has 0 spiro atoms. The summed E-state index contributed by atoms with van der Waals surface area (Å²) in [7, 11) is 0. The van der Waals surface area contributed by atoms with Crippen molar-refractivity contribution < 1.29 is 10.2 Å². The van der Waals surface area contributed by atoms with E-state index < -0.39 is 0 Å². The molecule has 30 heavy (non-hydrogen) atoms. The van der Waals surface area contributed by atoms with Gasteiger partial charge in [-0.2, -0.15) is 0 Å². The third-order valence-corrected chi connectivity index (χ3v) is 5.68. The highest BCUT2D eigenvalue weighted by molar-refractivity contribution is 5.54. The quantitative estimate of drug-likeness (QED) is 0.655. The fourth-order valence-electron chi connectivity index (χ4n) is 3.89. The van der Waals surface area contributed by atoms with Gasteiger partial charge in [0.2, 0.25) is 5.88 Å². The van der Waals surface area contributed by atoms with E-state index in [1.54, 1.807) is 12.1 Å². The summed E-state index contributed by atoms with van der Waals surface area (Å²) in [4.78, 5) is 17.2. The largest absolute Gasteiger partial charge is 0.508 e. The molecule has 3 aromatic rings. The number of nitrogens with zero attached hydrogens (tertiary/aromatic N) is 4. The monoisotopic (exact) mass is 408 g/mol. The van der Waals surface area contributed by atoms with Gasteiger partial charge in [-0.05, 0) is 55.0 Å². The van der Waals surface area contributed by atoms with Gasteiger partial charge in [0.1, 0.15) is 5.75 Å². The van der Waals surface area contributed by atoms with E-state index in [-0.39, 0.29) is 17.3 Å². The fourth-order valence-corrected chi connectivity index (χ4v) is 3.89. The average molecular weight is 409 g/mol. The number of unbranched alkanes of at least 4 members (excludes halogenated alkanes) is 1. The molecule has 7 heteroatoms. The van der Waals surface area contributed by atoms with Crippen LogP contribution in [0, 0.1) is 0 Å². The highest BCUT2D eigenvalue weighted by Crippen LogP contribution is 2.23. The summed E-state index contributed by atoms with van der Waals surface area (Å²) >= 11 is 0. The minimum absolute atomic E-state index is 0.00267. The molecule has 0 unspecified atom stereocenters. The molecule has 1 aromatic heterocycles. The first-order chi connectivity index (χ1) is 14.6. The second-order valence-corrected chi connectivity index (χ2v) is 7.65. The molecule has 1 aliphatic rings. The standard InChI is InChI=1S/C23H28N4O3/c1-2-3-12-26-22(29)17-27(23(26)30)20-6-4-18(5-7-20)24-13-15-25(16-14-24)19-8-10-21(28)11-9-19/h4-11,17,28-29H,2-3,12-16H2,1H3. The Bertz CT molecular complexity index is 1030. The van der Waals surface area contributed by atoms with Crippen LogP contribution in [0.3, 0.4) is 0 Å². The second-order valence-electron chi connectivity index (χ2n) is 7.65. The topological polar surface area (TPSA) is 73.9 Å². The van der Waals surface area contributed by atoms with Gasteiger partial charge >= 0.3 is 5.69 Å². The maximum absolute atomic E-state index is 12.6. The lowest BCUT2D eigenvalue weighted by molar-refractivity contribution is 0.408. The number of imidazole rings is 1. The first kappa shape index (κ1) is 19.9. The van der Waals surface area contributed by atoms with Crippen molar-refractivity contribution in [3.63, 3.8) is 0 Å². The summed E-state index contributed by atoms with van der Waals surface area (Å²) in [5.74, 6) is 0.286. The van der Waals surface area contributed by atoms with Gasteiger partial charge in [-0.25, -0.2) is 4.79 Å². The summed E-state index contributed by atoms with van der Waals surface area (Å²) in [5.41, 5.74) is 2.77. The molecule has 1 saturated heterocycles. The first-order valence-corrected chi connectivity index (χ1v) is 10.5. The van der Waals surface area contributed by atoms with Gasteiger partial charge in [-0.1, -0.05) is 13.3 Å². The smallest absolute Gasteiger partial charge is 0.335 e. The van der Waals surface area contributed by atoms with Crippen LogP contribution in [-0.4, -0.2) is 45.5 Å². The van der Waals surface area contributed by atoms with E-state index in [4.69, 9.17) is 0 Å². The number of hydrogen-bond donors (Lipinski definition) is 2. The number of anilines is 2. The Balaban J connectivity index is 1.43. The van der Waals surface area contributed by atoms with E-state index in [1.165, 1.54) is 15.3 Å². The van der Waals surface area contributed by atoms with Crippen molar-refractivity contribution in [3.05, 3.63) is 65.2 Å². The highest BCUT2D eigenvalue weighted by atomic mass is 16.3. The Labute approximate surface area is 176 Å². The Kier molecular flexibility index (Phi) is 5.70. The number of rotatable bonds is 6. The van der Waals surface area contributed by atoms with Crippen LogP contribution in [0.1, 0.15) is 19.8 Å². The molecule has 4 rings (SSSR count). The highest BCUT2D eigenvalue weighted by Gasteiger charge is 2.18. The van der Waals surface area contributed by atoms with Gasteiger partial charge in [-0.3, -0.25) is 9.13 Å². The molecular formula is C23H28N4O3. The molecule has 158 valence electrons. The zero-order valence-corrected chi connectivity index (χ0v) is 17.2. The van der Waals surface area contributed by atoms with Gasteiger partial charge in [0, 0.05) is 44.1 Å². The number of piperazine rings is 1. The zero-order valence-electron chi connectivity index (χ0n) is 17.2. The molecule has 0 radical (unpaired) electrons. The van der Waals surface area contributed by atoms with Crippen LogP contribution in [0.4, 0.5) is 11.4 Å². The Morgan fingerprint density at radius 1 is 0.800 bits per heavy atom. The van der Waals surface area contributed by atoms with Gasteiger partial charge in [0.15, 0.2) is 0 Å². The van der Waals surface area contributed by atoms with Crippen molar-refractivity contribution in [3.8, 4) is 17.3 Å². The third-order valence-electron chi connectivity index (χ3n) is 5.68. The van der Waals surface area contributed by atoms with Crippen molar-refractivity contribution in [1.29, 1.82) is 0 Å². The van der Waals surface area contributed by atoms with Crippen LogP contribution >= 0.6 is 0 Å². The molecule has 1 fully saturated rings. The lowest BCUT2D eigenvalue weighted by Gasteiger charge is -2.37. The van der Waals surface area contributed by atoms with Gasteiger partial charge in [0.25, 0.3) is 0 Å². The number of benzene rings is 2. The Morgan fingerprint density at radius 2 is 1.30 bits per heavy atom. The summed E-state index contributed by atoms with van der Waals surface area (Å²) in [5, 5.41) is 19.6. The van der Waals surface area contributed by atoms with Crippen LogP contribution in [0.2, 0.25) is 0 Å². The summed E-state index contributed by atoms with van der Waals surface area (Å²) in [6, 6.07) is 15.2. The van der Waals surface area contributed by atoms with E-state index in [1.807, 2.05) is 36.4 Å². The Hall–Kier alpha value is -3.35. The molecule has 2 aromatic carbocycles. The van der Waals surface area contributed by atoms with E-state index in [0.717, 1.165) is 56.1 Å². The lowest BCUT2D eigenvalue weighted by atomic mass is 10.2. The summed E-state index contributed by atoms with van der Waals surface area (Å²) < 4.78 is 2.91. The molecule has 1 aliphatic heterocycles. The summed E-state index contributed by atoms with van der Waals surface area (Å²) in [6.07, 6.45) is 3.31. The van der Waals surface area contributed by atoms with Crippen molar-refractivity contribution >= 4 is 11.4 Å². The molecular weight excluding hydrogens is 380 g/mol. The van der Waals surface area contributed by atoms with Gasteiger partial charge < -0.3 is 20.0 Å². The minimum Gasteiger partial charge on any atom is -0.508 e. The van der Waals surface area contributed by atoms with Crippen molar-refractivity contribution in [2.24, 2.45) is 0 Å². The van der Waals surface area contributed by atoms with Crippen molar-refractivity contribution in [2.45, 2.75) is 26.3 Å². The molecule has 2 heterocycles. The number of hydrogen-bond acceptors (Lipinski definition) is 5. The lowest BCUT2D eigenvalue weighted by Crippen LogP contribution is -2.46. The normalized spacial score (nSPS) is 14.3. The predicted octanol–water partition coefficient (Wildman–Crippen LogP) is 3.18. The van der Waals surface area contributed by atoms with Crippen molar-refractivity contribution in [2.75, 3.05) is 36.0 Å². The van der Waals surface area contributed by atoms with E-state index in [9.17, 15) is 15.0 Å². The number of aromatic nitrogens is 2. The van der Waals surface area contributed by atoms with Gasteiger partial charge in [-0.15, -0.1) is 0 Å². The molecule has 0 amide bonds. The third kappa shape index (κ3) is 4.01. The van der Waals surface area contributed by atoms with E-state index in [0.29, 0.717) is 6.54 Å². The van der Waals surface area contributed by atoms with Gasteiger partial charge in [0.05, 0.1) is 11.9 Å². The average Bonchev–Trinajstić information content (AvgIpc) is 3.06. The second kappa shape index (κ2) is 8.57. The van der Waals surface area contributed by atoms with Crippen LogP contribution in [-0.2, 0) is 6.54 Å². The van der Waals surface area contributed by atoms with Crippen LogP contribution in [0.25, 0.3) is 5.69 Å². The zero-order chi connectivity index (χ0) is 21.1. The molecule has 0 aliphatic carbocycles. The number of phenolic OH excluding ortho intramolecular Hbond substituents is 1. The summed E-state index contributed by atoms with van der Waals surface area (Å²) in [6.45, 7) is 6.18. The van der Waals surface area contributed by atoms with Crippen LogP contribution in [0.15, 0.2) is 59.5 Å². The first-order valence-electron chi connectivity index (χ1n) is 10.5. The van der Waals surface area contributed by atoms with Crippen molar-refractivity contribution in [1.82, 2.24) is 9.13 Å². The molecule has 0 saturated carbocycles. The van der Waals surface area contributed by atoms with Crippen LogP contribution < -0.4 is 15.5 Å². The SMILES string of the molecule is CCCCn1c(O)cn(-c2ccc(N3CCN(c4ccc(O)cc4)CC3)cc2)c1=O. The molecule has 0 bridgehead atoms. The molecule has 7 nitrogen and oxygen atoms in total. The molecule has 0 atom stereocenters. The molecule has 2 N–H and O–H groups in total. The predicted molar refractivity (Wildman–Crippen MR) is 119 cm³/mol. The maximum atomic E-state index is 12.6. The van der Waals surface area contributed by atoms with Crippen LogP contribution in [0.5, 0.6) is 11.6 Å². The Morgan fingerprint density at radius 3 is 1.83 bits per heavy atom. The maximum Gasteiger partial charge on any atom is 0.335 e. The number of aromatic hydroxyl groups is 2. The number of phenols is 1. The van der Waals surface area contributed by atoms with E-state index >= 15 is 0 Å².